The van der Waals surface area contributed by atoms with Gasteiger partial charge < -0.3 is 10.6 Å². The summed E-state index contributed by atoms with van der Waals surface area (Å²) in [6.07, 6.45) is 1.68. The highest BCUT2D eigenvalue weighted by Gasteiger charge is 2.11. The molecule has 0 radical (unpaired) electrons. The Morgan fingerprint density at radius 1 is 1.40 bits per heavy atom. The third kappa shape index (κ3) is 4.06. The van der Waals surface area contributed by atoms with Crippen molar-refractivity contribution in [1.29, 1.82) is 0 Å². The average molecular weight is 228 g/mol. The third-order valence-corrected chi connectivity index (χ3v) is 2.15. The SMILES string of the molecule is CNCc1cc(NC(C)(C)C)ncc1Cl. The number of anilines is 1. The van der Waals surface area contributed by atoms with E-state index >= 15 is 0 Å². The van der Waals surface area contributed by atoms with Crippen LogP contribution >= 0.6 is 11.6 Å². The molecule has 0 aliphatic heterocycles. The molecular weight excluding hydrogens is 210 g/mol. The van der Waals surface area contributed by atoms with E-state index in [1.807, 2.05) is 13.1 Å². The first-order valence-electron chi connectivity index (χ1n) is 4.99. The summed E-state index contributed by atoms with van der Waals surface area (Å²) < 4.78 is 0. The van der Waals surface area contributed by atoms with Crippen LogP contribution in [0.1, 0.15) is 26.3 Å². The van der Waals surface area contributed by atoms with Gasteiger partial charge in [-0.3, -0.25) is 0 Å². The maximum absolute atomic E-state index is 6.02. The van der Waals surface area contributed by atoms with Crippen molar-refractivity contribution in [2.45, 2.75) is 32.9 Å². The Bertz CT molecular complexity index is 331. The van der Waals surface area contributed by atoms with Gasteiger partial charge >= 0.3 is 0 Å². The van der Waals surface area contributed by atoms with Crippen LogP contribution in [0.2, 0.25) is 5.02 Å². The largest absolute Gasteiger partial charge is 0.365 e. The fraction of sp³-hybridized carbons (Fsp3) is 0.545. The van der Waals surface area contributed by atoms with Crippen LogP contribution in [0, 0.1) is 0 Å². The van der Waals surface area contributed by atoms with Gasteiger partial charge in [0.2, 0.25) is 0 Å². The maximum Gasteiger partial charge on any atom is 0.126 e. The van der Waals surface area contributed by atoms with Crippen LogP contribution < -0.4 is 10.6 Å². The molecule has 1 aromatic heterocycles. The molecule has 0 amide bonds. The zero-order valence-corrected chi connectivity index (χ0v) is 10.4. The predicted octanol–water partition coefficient (Wildman–Crippen LogP) is 2.66. The van der Waals surface area contributed by atoms with E-state index in [1.165, 1.54) is 0 Å². The molecule has 0 aliphatic carbocycles. The van der Waals surface area contributed by atoms with Gasteiger partial charge in [-0.25, -0.2) is 4.98 Å². The van der Waals surface area contributed by atoms with Crippen molar-refractivity contribution < 1.29 is 0 Å². The van der Waals surface area contributed by atoms with Crippen molar-refractivity contribution in [1.82, 2.24) is 10.3 Å². The number of nitrogens with one attached hydrogen (secondary N) is 2. The predicted molar refractivity (Wildman–Crippen MR) is 65.4 cm³/mol. The van der Waals surface area contributed by atoms with Crippen molar-refractivity contribution in [3.8, 4) is 0 Å². The highest BCUT2D eigenvalue weighted by atomic mass is 35.5. The minimum atomic E-state index is 0.0116. The molecule has 1 aromatic rings. The minimum Gasteiger partial charge on any atom is -0.365 e. The molecule has 0 fully saturated rings. The standard InChI is InChI=1S/C11H18ClN3/c1-11(2,3)15-10-5-8(6-13-4)9(12)7-14-10/h5,7,13H,6H2,1-4H3,(H,14,15). The number of pyridine rings is 1. The molecule has 0 spiro atoms. The highest BCUT2D eigenvalue weighted by Crippen LogP contribution is 2.19. The first-order valence-corrected chi connectivity index (χ1v) is 5.37. The summed E-state index contributed by atoms with van der Waals surface area (Å²) in [6, 6.07) is 1.98. The van der Waals surface area contributed by atoms with Crippen LogP contribution in [0.15, 0.2) is 12.3 Å². The molecule has 0 saturated heterocycles. The second kappa shape index (κ2) is 4.81. The zero-order chi connectivity index (χ0) is 11.5. The highest BCUT2D eigenvalue weighted by molar-refractivity contribution is 6.31. The molecule has 4 heteroatoms. The van der Waals surface area contributed by atoms with E-state index in [0.717, 1.165) is 17.9 Å². The number of halogens is 1. The normalized spacial score (nSPS) is 11.5. The fourth-order valence-corrected chi connectivity index (χ4v) is 1.43. The van der Waals surface area contributed by atoms with Gasteiger partial charge in [0, 0.05) is 18.3 Å². The van der Waals surface area contributed by atoms with Gasteiger partial charge in [0.25, 0.3) is 0 Å². The second-order valence-corrected chi connectivity index (χ2v) is 4.97. The van der Waals surface area contributed by atoms with Crippen molar-refractivity contribution in [3.05, 3.63) is 22.8 Å². The van der Waals surface area contributed by atoms with E-state index < -0.39 is 0 Å². The molecular formula is C11H18ClN3. The van der Waals surface area contributed by atoms with Gasteiger partial charge in [0.1, 0.15) is 5.82 Å². The van der Waals surface area contributed by atoms with Crippen LogP contribution in [0.25, 0.3) is 0 Å². The van der Waals surface area contributed by atoms with Gasteiger partial charge in [-0.05, 0) is 39.4 Å². The lowest BCUT2D eigenvalue weighted by Gasteiger charge is -2.21. The molecule has 0 saturated carbocycles. The van der Waals surface area contributed by atoms with Crippen molar-refractivity contribution in [2.75, 3.05) is 12.4 Å². The van der Waals surface area contributed by atoms with E-state index in [-0.39, 0.29) is 5.54 Å². The number of nitrogens with zero attached hydrogens (tertiary/aromatic N) is 1. The second-order valence-electron chi connectivity index (χ2n) is 4.57. The van der Waals surface area contributed by atoms with Crippen LogP contribution in [0.4, 0.5) is 5.82 Å². The Morgan fingerprint density at radius 3 is 2.60 bits per heavy atom. The van der Waals surface area contributed by atoms with E-state index in [2.05, 4.69) is 36.4 Å². The molecule has 1 heterocycles. The monoisotopic (exact) mass is 227 g/mol. The first-order chi connectivity index (χ1) is 6.92. The van der Waals surface area contributed by atoms with E-state index in [1.54, 1.807) is 6.20 Å². The van der Waals surface area contributed by atoms with Crippen LogP contribution in [0.3, 0.4) is 0 Å². The summed E-state index contributed by atoms with van der Waals surface area (Å²) in [4.78, 5) is 4.24. The summed E-state index contributed by atoms with van der Waals surface area (Å²) >= 11 is 6.02. The zero-order valence-electron chi connectivity index (χ0n) is 9.69. The molecule has 0 bridgehead atoms. The lowest BCUT2D eigenvalue weighted by Crippen LogP contribution is -2.26. The molecule has 0 unspecified atom stereocenters. The average Bonchev–Trinajstić information content (AvgIpc) is 2.09. The molecule has 0 aromatic carbocycles. The third-order valence-electron chi connectivity index (χ3n) is 1.80. The number of hydrogen-bond acceptors (Lipinski definition) is 3. The quantitative estimate of drug-likeness (QED) is 0.834. The Hall–Kier alpha value is -0.800. The molecule has 1 rings (SSSR count). The summed E-state index contributed by atoms with van der Waals surface area (Å²) in [7, 11) is 1.90. The molecule has 3 nitrogen and oxygen atoms in total. The number of hydrogen-bond donors (Lipinski definition) is 2. The summed E-state index contributed by atoms with van der Waals surface area (Å²) in [5.41, 5.74) is 1.07. The lowest BCUT2D eigenvalue weighted by atomic mass is 10.1. The van der Waals surface area contributed by atoms with Crippen LogP contribution in [-0.2, 0) is 6.54 Å². The lowest BCUT2D eigenvalue weighted by molar-refractivity contribution is 0.630. The molecule has 2 N–H and O–H groups in total. The van der Waals surface area contributed by atoms with Crippen molar-refractivity contribution in [3.63, 3.8) is 0 Å². The van der Waals surface area contributed by atoms with Crippen LogP contribution in [-0.4, -0.2) is 17.6 Å². The fourth-order valence-electron chi connectivity index (χ4n) is 1.26. The first kappa shape index (κ1) is 12.3. The van der Waals surface area contributed by atoms with Crippen molar-refractivity contribution >= 4 is 17.4 Å². The molecule has 0 atom stereocenters. The maximum atomic E-state index is 6.02. The topological polar surface area (TPSA) is 37.0 Å². The van der Waals surface area contributed by atoms with Gasteiger partial charge in [0.05, 0.1) is 5.02 Å². The molecule has 84 valence electrons. The van der Waals surface area contributed by atoms with Crippen molar-refractivity contribution in [2.24, 2.45) is 0 Å². The minimum absolute atomic E-state index is 0.0116. The van der Waals surface area contributed by atoms with Gasteiger partial charge in [-0.1, -0.05) is 11.6 Å². The van der Waals surface area contributed by atoms with Gasteiger partial charge in [-0.15, -0.1) is 0 Å². The summed E-state index contributed by atoms with van der Waals surface area (Å²) in [5, 5.41) is 7.08. The van der Waals surface area contributed by atoms with E-state index in [0.29, 0.717) is 5.02 Å². The Kier molecular flexibility index (Phi) is 3.94. The van der Waals surface area contributed by atoms with Gasteiger partial charge in [0.15, 0.2) is 0 Å². The number of aromatic nitrogens is 1. The molecule has 15 heavy (non-hydrogen) atoms. The molecule has 0 aliphatic rings. The Balaban J connectivity index is 2.87. The van der Waals surface area contributed by atoms with Crippen LogP contribution in [0.5, 0.6) is 0 Å². The summed E-state index contributed by atoms with van der Waals surface area (Å²) in [5.74, 6) is 0.858. The van der Waals surface area contributed by atoms with Gasteiger partial charge in [-0.2, -0.15) is 0 Å². The Labute approximate surface area is 96.2 Å². The Morgan fingerprint density at radius 2 is 2.07 bits per heavy atom. The van der Waals surface area contributed by atoms with E-state index in [9.17, 15) is 0 Å². The number of rotatable bonds is 3. The van der Waals surface area contributed by atoms with E-state index in [4.69, 9.17) is 11.6 Å². The smallest absolute Gasteiger partial charge is 0.126 e. The summed E-state index contributed by atoms with van der Waals surface area (Å²) in [6.45, 7) is 7.04.